The minimum Gasteiger partial charge on any atom is -0.468 e. The van der Waals surface area contributed by atoms with Crippen LogP contribution in [0.2, 0.25) is 5.02 Å². The monoisotopic (exact) mass is 320 g/mol. The molecule has 0 aliphatic heterocycles. The molecule has 0 bridgehead atoms. The van der Waals surface area contributed by atoms with Crippen molar-refractivity contribution in [1.29, 1.82) is 0 Å². The van der Waals surface area contributed by atoms with Crippen LogP contribution < -0.4 is 10.5 Å². The van der Waals surface area contributed by atoms with Gasteiger partial charge in [0.25, 0.3) is 0 Å². The number of anilines is 1. The summed E-state index contributed by atoms with van der Waals surface area (Å²) in [5.74, 6) is -0.931. The van der Waals surface area contributed by atoms with E-state index in [9.17, 15) is 13.2 Å². The van der Waals surface area contributed by atoms with Gasteiger partial charge in [-0.3, -0.25) is 4.79 Å². The molecule has 0 amide bonds. The van der Waals surface area contributed by atoms with Gasteiger partial charge in [-0.2, -0.15) is 4.72 Å². The maximum atomic E-state index is 12.3. The molecule has 0 saturated heterocycles. The predicted octanol–water partition coefficient (Wildman–Crippen LogP) is 1.40. The van der Waals surface area contributed by atoms with E-state index in [1.165, 1.54) is 25.3 Å². The van der Waals surface area contributed by atoms with E-state index in [2.05, 4.69) is 9.46 Å². The number of carbonyl (C=O) groups excluding carboxylic acids is 1. The zero-order chi connectivity index (χ0) is 15.5. The maximum Gasteiger partial charge on any atom is 0.324 e. The maximum absolute atomic E-state index is 12.3. The van der Waals surface area contributed by atoms with Crippen molar-refractivity contribution >= 4 is 33.3 Å². The predicted molar refractivity (Wildman–Crippen MR) is 76.8 cm³/mol. The van der Waals surface area contributed by atoms with Gasteiger partial charge in [0.1, 0.15) is 10.9 Å². The fourth-order valence-corrected chi connectivity index (χ4v) is 3.44. The van der Waals surface area contributed by atoms with E-state index in [0.717, 1.165) is 0 Å². The van der Waals surface area contributed by atoms with Crippen LogP contribution in [0.1, 0.15) is 13.8 Å². The number of halogens is 1. The molecule has 0 aromatic heterocycles. The molecule has 0 heterocycles. The van der Waals surface area contributed by atoms with Crippen LogP contribution in [0.5, 0.6) is 0 Å². The average molecular weight is 321 g/mol. The summed E-state index contributed by atoms with van der Waals surface area (Å²) in [5, 5.41) is -0.00938. The van der Waals surface area contributed by atoms with Gasteiger partial charge in [-0.15, -0.1) is 0 Å². The Kier molecular flexibility index (Phi) is 5.38. The fraction of sp³-hybridized carbons (Fsp3) is 0.417. The number of nitrogens with one attached hydrogen (secondary N) is 1. The Morgan fingerprint density at radius 1 is 1.40 bits per heavy atom. The summed E-state index contributed by atoms with van der Waals surface area (Å²) in [6.07, 6.45) is 0. The van der Waals surface area contributed by atoms with E-state index in [0.29, 0.717) is 5.69 Å². The van der Waals surface area contributed by atoms with Gasteiger partial charge in [-0.05, 0) is 24.1 Å². The van der Waals surface area contributed by atoms with Crippen LogP contribution >= 0.6 is 11.6 Å². The van der Waals surface area contributed by atoms with Crippen LogP contribution in [0.15, 0.2) is 23.1 Å². The van der Waals surface area contributed by atoms with Crippen molar-refractivity contribution in [2.75, 3.05) is 12.8 Å². The molecule has 0 spiro atoms. The van der Waals surface area contributed by atoms with Gasteiger partial charge in [0.15, 0.2) is 0 Å². The first-order valence-corrected chi connectivity index (χ1v) is 7.70. The highest BCUT2D eigenvalue weighted by molar-refractivity contribution is 7.89. The lowest BCUT2D eigenvalue weighted by atomic mass is 10.1. The Labute approximate surface area is 123 Å². The number of rotatable bonds is 5. The molecule has 112 valence electrons. The third kappa shape index (κ3) is 3.84. The van der Waals surface area contributed by atoms with Gasteiger partial charge in [-0.25, -0.2) is 8.42 Å². The summed E-state index contributed by atoms with van der Waals surface area (Å²) in [6, 6.07) is 3.05. The zero-order valence-corrected chi connectivity index (χ0v) is 13.0. The number of carbonyl (C=O) groups is 1. The highest BCUT2D eigenvalue weighted by Gasteiger charge is 2.30. The van der Waals surface area contributed by atoms with Crippen LogP contribution in [0.25, 0.3) is 0 Å². The Morgan fingerprint density at radius 3 is 2.45 bits per heavy atom. The summed E-state index contributed by atoms with van der Waals surface area (Å²) in [6.45, 7) is 3.41. The standard InChI is InChI=1S/C12H17ClN2O4S/c1-7(2)11(12(16)19-3)15-20(17,18)10-5-4-8(14)6-9(10)13/h4-7,11,15H,14H2,1-3H3. The number of hydrogen-bond acceptors (Lipinski definition) is 5. The molecule has 0 aliphatic rings. The number of nitrogen functional groups attached to an aromatic ring is 1. The van der Waals surface area contributed by atoms with E-state index in [1.54, 1.807) is 13.8 Å². The first-order valence-electron chi connectivity index (χ1n) is 5.84. The minimum absolute atomic E-state index is 0.00938. The number of sulfonamides is 1. The molecule has 1 unspecified atom stereocenters. The first kappa shape index (κ1) is 16.7. The number of esters is 1. The normalized spacial score (nSPS) is 13.2. The molecular weight excluding hydrogens is 304 g/mol. The summed E-state index contributed by atoms with van der Waals surface area (Å²) in [4.78, 5) is 11.5. The van der Waals surface area contributed by atoms with E-state index >= 15 is 0 Å². The molecule has 3 N–H and O–H groups in total. The third-order valence-corrected chi connectivity index (χ3v) is 4.57. The molecule has 6 nitrogen and oxygen atoms in total. The fourth-order valence-electron chi connectivity index (χ4n) is 1.55. The number of ether oxygens (including phenoxy) is 1. The van der Waals surface area contributed by atoms with Crippen molar-refractivity contribution in [3.8, 4) is 0 Å². The second-order valence-corrected chi connectivity index (χ2v) is 6.65. The summed E-state index contributed by atoms with van der Waals surface area (Å²) >= 11 is 5.88. The molecule has 1 aromatic rings. The van der Waals surface area contributed by atoms with Crippen molar-refractivity contribution in [2.45, 2.75) is 24.8 Å². The molecule has 1 rings (SSSR count). The van der Waals surface area contributed by atoms with Crippen molar-refractivity contribution in [2.24, 2.45) is 5.92 Å². The topological polar surface area (TPSA) is 98.5 Å². The molecule has 20 heavy (non-hydrogen) atoms. The van der Waals surface area contributed by atoms with Gasteiger partial charge in [0, 0.05) is 5.69 Å². The Balaban J connectivity index is 3.13. The van der Waals surface area contributed by atoms with E-state index in [-0.39, 0.29) is 15.8 Å². The van der Waals surface area contributed by atoms with Crippen LogP contribution in [0.3, 0.4) is 0 Å². The van der Waals surface area contributed by atoms with Gasteiger partial charge in [0.2, 0.25) is 10.0 Å². The highest BCUT2D eigenvalue weighted by Crippen LogP contribution is 2.24. The first-order chi connectivity index (χ1) is 9.19. The van der Waals surface area contributed by atoms with Gasteiger partial charge in [0.05, 0.1) is 12.1 Å². The summed E-state index contributed by atoms with van der Waals surface area (Å²) in [5.41, 5.74) is 5.87. The second-order valence-electron chi connectivity index (χ2n) is 4.56. The number of methoxy groups -OCH3 is 1. The third-order valence-electron chi connectivity index (χ3n) is 2.65. The molecular formula is C12H17ClN2O4S. The highest BCUT2D eigenvalue weighted by atomic mass is 35.5. The minimum atomic E-state index is -3.95. The largest absolute Gasteiger partial charge is 0.468 e. The second kappa shape index (κ2) is 6.43. The zero-order valence-electron chi connectivity index (χ0n) is 11.4. The van der Waals surface area contributed by atoms with Gasteiger partial charge >= 0.3 is 5.97 Å². The number of nitrogens with two attached hydrogens (primary N) is 1. The van der Waals surface area contributed by atoms with Crippen molar-refractivity contribution in [1.82, 2.24) is 4.72 Å². The Bertz CT molecular complexity index is 601. The summed E-state index contributed by atoms with van der Waals surface area (Å²) in [7, 11) is -2.75. The molecule has 8 heteroatoms. The van der Waals surface area contributed by atoms with Crippen molar-refractivity contribution < 1.29 is 17.9 Å². The molecule has 0 radical (unpaired) electrons. The average Bonchev–Trinajstić information content (AvgIpc) is 2.34. The molecule has 0 fully saturated rings. The van der Waals surface area contributed by atoms with Crippen LogP contribution in [-0.2, 0) is 19.6 Å². The van der Waals surface area contributed by atoms with Gasteiger partial charge < -0.3 is 10.5 Å². The lowest BCUT2D eigenvalue weighted by molar-refractivity contribution is -0.143. The van der Waals surface area contributed by atoms with E-state index in [4.69, 9.17) is 17.3 Å². The van der Waals surface area contributed by atoms with Crippen LogP contribution in [0, 0.1) is 5.92 Å². The van der Waals surface area contributed by atoms with E-state index < -0.39 is 22.0 Å². The van der Waals surface area contributed by atoms with E-state index in [1.807, 2.05) is 0 Å². The smallest absolute Gasteiger partial charge is 0.324 e. The van der Waals surface area contributed by atoms with Crippen molar-refractivity contribution in [3.05, 3.63) is 23.2 Å². The molecule has 0 aliphatic carbocycles. The Hall–Kier alpha value is -1.31. The van der Waals surface area contributed by atoms with Crippen LogP contribution in [0.4, 0.5) is 5.69 Å². The quantitative estimate of drug-likeness (QED) is 0.631. The molecule has 1 atom stereocenters. The van der Waals surface area contributed by atoms with Crippen LogP contribution in [-0.4, -0.2) is 27.5 Å². The summed E-state index contributed by atoms with van der Waals surface area (Å²) < 4.78 is 31.4. The number of hydrogen-bond donors (Lipinski definition) is 2. The number of benzene rings is 1. The van der Waals surface area contributed by atoms with Crippen molar-refractivity contribution in [3.63, 3.8) is 0 Å². The Morgan fingerprint density at radius 2 is 2.00 bits per heavy atom. The van der Waals surface area contributed by atoms with Gasteiger partial charge in [-0.1, -0.05) is 25.4 Å². The molecule has 0 saturated carbocycles. The lowest BCUT2D eigenvalue weighted by Gasteiger charge is -2.20. The molecule has 1 aromatic carbocycles. The lowest BCUT2D eigenvalue weighted by Crippen LogP contribution is -2.44. The SMILES string of the molecule is COC(=O)C(NS(=O)(=O)c1ccc(N)cc1Cl)C(C)C.